The Labute approximate surface area is 113 Å². The van der Waals surface area contributed by atoms with Gasteiger partial charge in [-0.1, -0.05) is 18.5 Å². The summed E-state index contributed by atoms with van der Waals surface area (Å²) >= 11 is 6.30. The smallest absolute Gasteiger partial charge is 0.0850 e. The summed E-state index contributed by atoms with van der Waals surface area (Å²) in [6.07, 6.45) is 3.79. The second-order valence-corrected chi connectivity index (χ2v) is 5.89. The van der Waals surface area contributed by atoms with Crippen LogP contribution in [0.25, 0.3) is 0 Å². The number of hydrogen-bond donors (Lipinski definition) is 2. The van der Waals surface area contributed by atoms with Gasteiger partial charge in [0.2, 0.25) is 0 Å². The largest absolute Gasteiger partial charge is 0.388 e. The monoisotopic (exact) mass is 271 g/mol. The van der Waals surface area contributed by atoms with Crippen LogP contribution in [0, 0.1) is 0 Å². The van der Waals surface area contributed by atoms with Gasteiger partial charge >= 0.3 is 0 Å². The lowest BCUT2D eigenvalue weighted by Gasteiger charge is -2.24. The van der Waals surface area contributed by atoms with Gasteiger partial charge in [0.25, 0.3) is 0 Å². The molecule has 2 rings (SSSR count). The van der Waals surface area contributed by atoms with Crippen molar-refractivity contribution in [1.29, 1.82) is 0 Å². The van der Waals surface area contributed by atoms with Crippen LogP contribution in [0.5, 0.6) is 0 Å². The number of aryl methyl sites for hydroxylation is 2. The minimum Gasteiger partial charge on any atom is -0.388 e. The predicted octanol–water partition coefficient (Wildman–Crippen LogP) is 1.68. The van der Waals surface area contributed by atoms with Crippen molar-refractivity contribution in [3.63, 3.8) is 0 Å². The van der Waals surface area contributed by atoms with Gasteiger partial charge in [0.1, 0.15) is 0 Å². The molecule has 0 bridgehead atoms. The molecule has 0 aliphatic heterocycles. The lowest BCUT2D eigenvalue weighted by molar-refractivity contribution is 0.0579. The standard InChI is InChI=1S/C13H22ClN3O/c1-4-10-12(14)11(17(3)16-10)7-13(2,18)8-15-9-5-6-9/h9,15,18H,4-8H2,1-3H3. The zero-order chi connectivity index (χ0) is 13.3. The Hall–Kier alpha value is -0.580. The van der Waals surface area contributed by atoms with Crippen LogP contribution < -0.4 is 5.32 Å². The highest BCUT2D eigenvalue weighted by Crippen LogP contribution is 2.25. The fraction of sp³-hybridized carbons (Fsp3) is 0.769. The molecule has 2 N–H and O–H groups in total. The average molecular weight is 272 g/mol. The van der Waals surface area contributed by atoms with Crippen LogP contribution in [-0.4, -0.2) is 33.1 Å². The van der Waals surface area contributed by atoms with E-state index in [4.69, 9.17) is 11.6 Å². The van der Waals surface area contributed by atoms with Gasteiger partial charge in [-0.15, -0.1) is 0 Å². The van der Waals surface area contributed by atoms with Gasteiger partial charge in [-0.3, -0.25) is 4.68 Å². The summed E-state index contributed by atoms with van der Waals surface area (Å²) < 4.78 is 1.78. The maximum Gasteiger partial charge on any atom is 0.0850 e. The molecular weight excluding hydrogens is 250 g/mol. The van der Waals surface area contributed by atoms with E-state index >= 15 is 0 Å². The van der Waals surface area contributed by atoms with E-state index in [0.717, 1.165) is 17.8 Å². The van der Waals surface area contributed by atoms with Crippen molar-refractivity contribution < 1.29 is 5.11 Å². The topological polar surface area (TPSA) is 50.1 Å². The van der Waals surface area contributed by atoms with Gasteiger partial charge in [0, 0.05) is 26.1 Å². The Balaban J connectivity index is 2.04. The van der Waals surface area contributed by atoms with Crippen LogP contribution in [0.2, 0.25) is 5.02 Å². The molecule has 1 heterocycles. The van der Waals surface area contributed by atoms with Crippen LogP contribution in [0.3, 0.4) is 0 Å². The molecule has 1 aliphatic carbocycles. The molecule has 4 nitrogen and oxygen atoms in total. The molecule has 18 heavy (non-hydrogen) atoms. The number of halogens is 1. The molecule has 1 atom stereocenters. The normalized spacial score (nSPS) is 18.9. The summed E-state index contributed by atoms with van der Waals surface area (Å²) in [6, 6.07) is 0.602. The first-order valence-corrected chi connectivity index (χ1v) is 6.97. The molecule has 0 amide bonds. The molecule has 0 radical (unpaired) electrons. The summed E-state index contributed by atoms with van der Waals surface area (Å²) in [5.74, 6) is 0. The van der Waals surface area contributed by atoms with E-state index in [-0.39, 0.29) is 0 Å². The fourth-order valence-electron chi connectivity index (χ4n) is 2.09. The molecule has 102 valence electrons. The number of rotatable bonds is 6. The van der Waals surface area contributed by atoms with Crippen molar-refractivity contribution in [2.75, 3.05) is 6.54 Å². The maximum absolute atomic E-state index is 10.4. The van der Waals surface area contributed by atoms with Crippen molar-refractivity contribution in [2.24, 2.45) is 7.05 Å². The Morgan fingerprint density at radius 3 is 2.72 bits per heavy atom. The number of nitrogens with zero attached hydrogens (tertiary/aromatic N) is 2. The van der Waals surface area contributed by atoms with Crippen LogP contribution >= 0.6 is 11.6 Å². The molecule has 1 unspecified atom stereocenters. The molecule has 1 aliphatic rings. The van der Waals surface area contributed by atoms with Crippen LogP contribution in [0.15, 0.2) is 0 Å². The summed E-state index contributed by atoms with van der Waals surface area (Å²) in [7, 11) is 1.88. The summed E-state index contributed by atoms with van der Waals surface area (Å²) in [4.78, 5) is 0. The summed E-state index contributed by atoms with van der Waals surface area (Å²) in [5.41, 5.74) is 1.03. The van der Waals surface area contributed by atoms with Crippen LogP contribution in [0.1, 0.15) is 38.1 Å². The van der Waals surface area contributed by atoms with E-state index in [9.17, 15) is 5.11 Å². The third-order valence-electron chi connectivity index (χ3n) is 3.40. The van der Waals surface area contributed by atoms with Gasteiger partial charge in [-0.25, -0.2) is 0 Å². The first-order valence-electron chi connectivity index (χ1n) is 6.59. The van der Waals surface area contributed by atoms with Crippen molar-refractivity contribution in [1.82, 2.24) is 15.1 Å². The van der Waals surface area contributed by atoms with E-state index in [1.54, 1.807) is 4.68 Å². The zero-order valence-corrected chi connectivity index (χ0v) is 12.1. The van der Waals surface area contributed by atoms with E-state index in [0.29, 0.717) is 24.0 Å². The third kappa shape index (κ3) is 3.25. The Bertz CT molecular complexity index is 424. The second kappa shape index (κ2) is 5.19. The molecule has 1 aromatic rings. The van der Waals surface area contributed by atoms with Gasteiger partial charge in [0.15, 0.2) is 0 Å². The second-order valence-electron chi connectivity index (χ2n) is 5.51. The lowest BCUT2D eigenvalue weighted by atomic mass is 9.99. The van der Waals surface area contributed by atoms with Gasteiger partial charge in [0.05, 0.1) is 22.0 Å². The molecule has 0 saturated heterocycles. The lowest BCUT2D eigenvalue weighted by Crippen LogP contribution is -2.41. The number of aliphatic hydroxyl groups is 1. The quantitative estimate of drug-likeness (QED) is 0.828. The van der Waals surface area contributed by atoms with Crippen LogP contribution in [0.4, 0.5) is 0 Å². The number of hydrogen-bond acceptors (Lipinski definition) is 3. The van der Waals surface area contributed by atoms with Crippen molar-refractivity contribution in [3.8, 4) is 0 Å². The molecule has 1 fully saturated rings. The molecule has 1 saturated carbocycles. The summed E-state index contributed by atoms with van der Waals surface area (Å²) in [5, 5.41) is 18.8. The highest BCUT2D eigenvalue weighted by molar-refractivity contribution is 6.31. The van der Waals surface area contributed by atoms with Crippen molar-refractivity contribution >= 4 is 11.6 Å². The minimum atomic E-state index is -0.787. The van der Waals surface area contributed by atoms with Gasteiger partial charge in [-0.05, 0) is 26.2 Å². The number of aromatic nitrogens is 2. The summed E-state index contributed by atoms with van der Waals surface area (Å²) in [6.45, 7) is 4.47. The van der Waals surface area contributed by atoms with Gasteiger partial charge < -0.3 is 10.4 Å². The SMILES string of the molecule is CCc1nn(C)c(CC(C)(O)CNC2CC2)c1Cl. The van der Waals surface area contributed by atoms with Crippen molar-refractivity contribution in [2.45, 2.75) is 51.2 Å². The van der Waals surface area contributed by atoms with E-state index in [1.165, 1.54) is 12.8 Å². The first kappa shape index (κ1) is 13.8. The molecule has 0 spiro atoms. The third-order valence-corrected chi connectivity index (χ3v) is 3.84. The Morgan fingerprint density at radius 2 is 2.22 bits per heavy atom. The minimum absolute atomic E-state index is 0.523. The van der Waals surface area contributed by atoms with Gasteiger partial charge in [-0.2, -0.15) is 5.10 Å². The Kier molecular flexibility index (Phi) is 3.99. The average Bonchev–Trinajstić information content (AvgIpc) is 3.09. The fourth-order valence-corrected chi connectivity index (χ4v) is 2.45. The predicted molar refractivity (Wildman–Crippen MR) is 72.9 cm³/mol. The molecule has 1 aromatic heterocycles. The maximum atomic E-state index is 10.4. The highest BCUT2D eigenvalue weighted by atomic mass is 35.5. The molecular formula is C13H22ClN3O. The molecule has 5 heteroatoms. The number of nitrogens with one attached hydrogen (secondary N) is 1. The first-order chi connectivity index (χ1) is 8.43. The van der Waals surface area contributed by atoms with Crippen molar-refractivity contribution in [3.05, 3.63) is 16.4 Å². The van der Waals surface area contributed by atoms with E-state index in [1.807, 2.05) is 20.9 Å². The Morgan fingerprint density at radius 1 is 1.56 bits per heavy atom. The highest BCUT2D eigenvalue weighted by Gasteiger charge is 2.29. The van der Waals surface area contributed by atoms with Crippen LogP contribution in [-0.2, 0) is 19.9 Å². The zero-order valence-electron chi connectivity index (χ0n) is 11.3. The molecule has 0 aromatic carbocycles. The van der Waals surface area contributed by atoms with E-state index < -0.39 is 5.60 Å². The van der Waals surface area contributed by atoms with E-state index in [2.05, 4.69) is 10.4 Å².